The van der Waals surface area contributed by atoms with E-state index in [4.69, 9.17) is 9.47 Å². The molecule has 2 aliphatic rings. The number of nitrogens with zero attached hydrogens (tertiary/aromatic N) is 3. The Morgan fingerprint density at radius 1 is 1.31 bits per heavy atom. The number of aryl methyl sites for hydroxylation is 1. The van der Waals surface area contributed by atoms with Gasteiger partial charge < -0.3 is 19.7 Å². The highest BCUT2D eigenvalue weighted by molar-refractivity contribution is 6.00. The van der Waals surface area contributed by atoms with Crippen molar-refractivity contribution in [1.29, 1.82) is 0 Å². The van der Waals surface area contributed by atoms with Crippen LogP contribution in [0.2, 0.25) is 0 Å². The highest BCUT2D eigenvalue weighted by atomic mass is 16.7. The summed E-state index contributed by atoms with van der Waals surface area (Å²) in [7, 11) is 0. The minimum atomic E-state index is -0.336. The zero-order valence-electron chi connectivity index (χ0n) is 14.3. The maximum atomic E-state index is 12.4. The lowest BCUT2D eigenvalue weighted by molar-refractivity contribution is -0.126. The summed E-state index contributed by atoms with van der Waals surface area (Å²) in [6.45, 7) is 1.88. The molecule has 1 fully saturated rings. The zero-order chi connectivity index (χ0) is 17.9. The minimum Gasteiger partial charge on any atom is -0.454 e. The van der Waals surface area contributed by atoms with Crippen LogP contribution in [0.5, 0.6) is 11.5 Å². The monoisotopic (exact) mass is 356 g/mol. The largest absolute Gasteiger partial charge is 0.454 e. The summed E-state index contributed by atoms with van der Waals surface area (Å²) in [6, 6.07) is 7.25. The Hall–Kier alpha value is -3.03. The first-order valence-electron chi connectivity index (χ1n) is 8.66. The van der Waals surface area contributed by atoms with Gasteiger partial charge in [-0.2, -0.15) is 5.10 Å². The van der Waals surface area contributed by atoms with Crippen LogP contribution in [0.3, 0.4) is 0 Å². The fraction of sp³-hybridized carbons (Fsp3) is 0.389. The third kappa shape index (κ3) is 3.35. The van der Waals surface area contributed by atoms with Crippen molar-refractivity contribution < 1.29 is 19.1 Å². The number of anilines is 1. The molecule has 2 aromatic rings. The SMILES string of the molecule is O=C(NCCCn1cccn1)C1CC(=O)N(c2ccc3c(c2)OCO3)C1. The number of carbonyl (C=O) groups excluding carboxylic acids is 2. The van der Waals surface area contributed by atoms with Gasteiger partial charge in [-0.3, -0.25) is 14.3 Å². The molecule has 0 radical (unpaired) electrons. The van der Waals surface area contributed by atoms with E-state index in [1.165, 1.54) is 0 Å². The van der Waals surface area contributed by atoms with Gasteiger partial charge in [0.1, 0.15) is 0 Å². The fourth-order valence-electron chi connectivity index (χ4n) is 3.22. The van der Waals surface area contributed by atoms with E-state index >= 15 is 0 Å². The fourth-order valence-corrected chi connectivity index (χ4v) is 3.22. The summed E-state index contributed by atoms with van der Waals surface area (Å²) in [4.78, 5) is 26.3. The maximum Gasteiger partial charge on any atom is 0.231 e. The highest BCUT2D eigenvalue weighted by Gasteiger charge is 2.35. The van der Waals surface area contributed by atoms with Crippen molar-refractivity contribution in [1.82, 2.24) is 15.1 Å². The Morgan fingerprint density at radius 3 is 3.04 bits per heavy atom. The number of amides is 2. The van der Waals surface area contributed by atoms with Crippen molar-refractivity contribution >= 4 is 17.5 Å². The molecule has 0 saturated carbocycles. The second kappa shape index (κ2) is 7.07. The molecular weight excluding hydrogens is 336 g/mol. The smallest absolute Gasteiger partial charge is 0.231 e. The lowest BCUT2D eigenvalue weighted by Crippen LogP contribution is -2.33. The average Bonchev–Trinajstić information content (AvgIpc) is 3.38. The first kappa shape index (κ1) is 16.4. The van der Waals surface area contributed by atoms with Crippen LogP contribution < -0.4 is 19.7 Å². The molecule has 8 nitrogen and oxygen atoms in total. The van der Waals surface area contributed by atoms with E-state index in [-0.39, 0.29) is 30.9 Å². The number of benzene rings is 1. The van der Waals surface area contributed by atoms with Crippen molar-refractivity contribution in [3.05, 3.63) is 36.7 Å². The molecular formula is C18H20N4O4. The molecule has 1 N–H and O–H groups in total. The maximum absolute atomic E-state index is 12.4. The van der Waals surface area contributed by atoms with Crippen LogP contribution in [0.25, 0.3) is 0 Å². The van der Waals surface area contributed by atoms with E-state index in [1.807, 2.05) is 23.0 Å². The average molecular weight is 356 g/mol. The number of ether oxygens (including phenoxy) is 2. The van der Waals surface area contributed by atoms with Crippen molar-refractivity contribution in [2.75, 3.05) is 24.8 Å². The lowest BCUT2D eigenvalue weighted by atomic mass is 10.1. The van der Waals surface area contributed by atoms with Crippen molar-refractivity contribution in [3.8, 4) is 11.5 Å². The lowest BCUT2D eigenvalue weighted by Gasteiger charge is -2.17. The van der Waals surface area contributed by atoms with Crippen LogP contribution in [-0.4, -0.2) is 41.5 Å². The third-order valence-electron chi connectivity index (χ3n) is 4.59. The molecule has 1 unspecified atom stereocenters. The van der Waals surface area contributed by atoms with Gasteiger partial charge in [-0.1, -0.05) is 0 Å². The van der Waals surface area contributed by atoms with Crippen LogP contribution >= 0.6 is 0 Å². The third-order valence-corrected chi connectivity index (χ3v) is 4.59. The summed E-state index contributed by atoms with van der Waals surface area (Å²) in [6.07, 6.45) is 4.63. The summed E-state index contributed by atoms with van der Waals surface area (Å²) >= 11 is 0. The topological polar surface area (TPSA) is 85.7 Å². The van der Waals surface area contributed by atoms with E-state index in [0.717, 1.165) is 18.7 Å². The molecule has 1 aromatic carbocycles. The molecule has 2 aliphatic heterocycles. The normalized spacial score (nSPS) is 18.4. The van der Waals surface area contributed by atoms with Gasteiger partial charge in [-0.25, -0.2) is 0 Å². The molecule has 0 aliphatic carbocycles. The van der Waals surface area contributed by atoms with Gasteiger partial charge >= 0.3 is 0 Å². The van der Waals surface area contributed by atoms with Gasteiger partial charge in [0.15, 0.2) is 11.5 Å². The van der Waals surface area contributed by atoms with E-state index in [0.29, 0.717) is 24.6 Å². The van der Waals surface area contributed by atoms with E-state index < -0.39 is 0 Å². The number of aromatic nitrogens is 2. The second-order valence-electron chi connectivity index (χ2n) is 6.36. The molecule has 136 valence electrons. The predicted octanol–water partition coefficient (Wildman–Crippen LogP) is 1.17. The molecule has 1 atom stereocenters. The minimum absolute atomic E-state index is 0.0550. The van der Waals surface area contributed by atoms with Crippen LogP contribution in [0.1, 0.15) is 12.8 Å². The number of rotatable bonds is 6. The number of hydrogen-bond donors (Lipinski definition) is 1. The molecule has 3 heterocycles. The molecule has 0 bridgehead atoms. The zero-order valence-corrected chi connectivity index (χ0v) is 14.3. The molecule has 0 spiro atoms. The second-order valence-corrected chi connectivity index (χ2v) is 6.36. The quantitative estimate of drug-likeness (QED) is 0.786. The highest BCUT2D eigenvalue weighted by Crippen LogP contribution is 2.37. The van der Waals surface area contributed by atoms with Crippen LogP contribution in [-0.2, 0) is 16.1 Å². The summed E-state index contributed by atoms with van der Waals surface area (Å²) < 4.78 is 12.5. The molecule has 4 rings (SSSR count). The predicted molar refractivity (Wildman–Crippen MR) is 92.9 cm³/mol. The Labute approximate surface area is 150 Å². The number of nitrogens with one attached hydrogen (secondary N) is 1. The Morgan fingerprint density at radius 2 is 2.19 bits per heavy atom. The van der Waals surface area contributed by atoms with Crippen molar-refractivity contribution in [2.24, 2.45) is 5.92 Å². The molecule has 1 saturated heterocycles. The van der Waals surface area contributed by atoms with Gasteiger partial charge in [0, 0.05) is 50.2 Å². The van der Waals surface area contributed by atoms with E-state index in [2.05, 4.69) is 10.4 Å². The number of hydrogen-bond acceptors (Lipinski definition) is 5. The molecule has 26 heavy (non-hydrogen) atoms. The first-order valence-corrected chi connectivity index (χ1v) is 8.66. The Bertz CT molecular complexity index is 806. The van der Waals surface area contributed by atoms with Gasteiger partial charge in [0.05, 0.1) is 5.92 Å². The summed E-state index contributed by atoms with van der Waals surface area (Å²) in [5.41, 5.74) is 0.730. The number of carbonyl (C=O) groups is 2. The van der Waals surface area contributed by atoms with Crippen LogP contribution in [0.4, 0.5) is 5.69 Å². The molecule has 2 amide bonds. The summed E-state index contributed by atoms with van der Waals surface area (Å²) in [5, 5.41) is 7.04. The van der Waals surface area contributed by atoms with Gasteiger partial charge in [0.25, 0.3) is 0 Å². The first-order chi connectivity index (χ1) is 12.7. The Kier molecular flexibility index (Phi) is 4.47. The molecule has 1 aromatic heterocycles. The van der Waals surface area contributed by atoms with Gasteiger partial charge in [-0.05, 0) is 24.6 Å². The summed E-state index contributed by atoms with van der Waals surface area (Å²) in [5.74, 6) is 0.828. The van der Waals surface area contributed by atoms with Gasteiger partial charge in [0.2, 0.25) is 18.6 Å². The van der Waals surface area contributed by atoms with E-state index in [1.54, 1.807) is 23.2 Å². The standard InChI is InChI=1S/C18H20N4O4/c23-17-9-13(18(24)19-5-1-7-21-8-2-6-20-21)11-22(17)14-3-4-15-16(10-14)26-12-25-15/h2-4,6,8,10,13H,1,5,7,9,11-12H2,(H,19,24). The number of fused-ring (bicyclic) bond motifs is 1. The van der Waals surface area contributed by atoms with Gasteiger partial charge in [-0.15, -0.1) is 0 Å². The molecule has 8 heteroatoms. The Balaban J connectivity index is 1.30. The van der Waals surface area contributed by atoms with Crippen molar-refractivity contribution in [2.45, 2.75) is 19.4 Å². The van der Waals surface area contributed by atoms with Crippen molar-refractivity contribution in [3.63, 3.8) is 0 Å². The van der Waals surface area contributed by atoms with E-state index in [9.17, 15) is 9.59 Å². The van der Waals surface area contributed by atoms with Crippen LogP contribution in [0.15, 0.2) is 36.7 Å². The van der Waals surface area contributed by atoms with Crippen LogP contribution in [0, 0.1) is 5.92 Å².